The highest BCUT2D eigenvalue weighted by atomic mass is 35.5. The predicted molar refractivity (Wildman–Crippen MR) is 116 cm³/mol. The van der Waals surface area contributed by atoms with Gasteiger partial charge in [0.2, 0.25) is 0 Å². The SMILES string of the molecule is C/C=C/C1COC(C2CCC(c3ccc(-c4ccc(Cl)cc4)cc3)CC2)OC1. The Kier molecular flexibility index (Phi) is 6.51. The lowest BCUT2D eigenvalue weighted by atomic mass is 9.78. The predicted octanol–water partition coefficient (Wildman–Crippen LogP) is 6.85. The molecule has 3 heteroatoms. The molecule has 2 nitrogen and oxygen atoms in total. The van der Waals surface area contributed by atoms with Gasteiger partial charge in [-0.25, -0.2) is 0 Å². The molecular weight excluding hydrogens is 368 g/mol. The maximum atomic E-state index is 6.01. The van der Waals surface area contributed by atoms with E-state index in [1.165, 1.54) is 42.4 Å². The summed E-state index contributed by atoms with van der Waals surface area (Å²) in [7, 11) is 0. The third-order valence-electron chi connectivity index (χ3n) is 6.13. The van der Waals surface area contributed by atoms with Crippen molar-refractivity contribution in [2.24, 2.45) is 11.8 Å². The molecule has 0 N–H and O–H groups in total. The fourth-order valence-electron chi connectivity index (χ4n) is 4.50. The van der Waals surface area contributed by atoms with Crippen molar-refractivity contribution in [1.82, 2.24) is 0 Å². The molecule has 1 heterocycles. The molecule has 0 aromatic heterocycles. The lowest BCUT2D eigenvalue weighted by molar-refractivity contribution is -0.222. The Balaban J connectivity index is 1.31. The van der Waals surface area contributed by atoms with E-state index in [0.717, 1.165) is 18.2 Å². The average Bonchev–Trinajstić information content (AvgIpc) is 2.75. The summed E-state index contributed by atoms with van der Waals surface area (Å²) in [5, 5.41) is 0.778. The average molecular weight is 397 g/mol. The Hall–Kier alpha value is -1.61. The Morgan fingerprint density at radius 3 is 1.96 bits per heavy atom. The molecule has 0 spiro atoms. The van der Waals surface area contributed by atoms with Crippen LogP contribution in [0.4, 0.5) is 0 Å². The van der Waals surface area contributed by atoms with Gasteiger partial charge in [0, 0.05) is 16.9 Å². The number of ether oxygens (including phenoxy) is 2. The summed E-state index contributed by atoms with van der Waals surface area (Å²) >= 11 is 5.99. The van der Waals surface area contributed by atoms with E-state index in [9.17, 15) is 0 Å². The molecule has 28 heavy (non-hydrogen) atoms. The topological polar surface area (TPSA) is 18.5 Å². The third kappa shape index (κ3) is 4.68. The maximum absolute atomic E-state index is 6.01. The van der Waals surface area contributed by atoms with Gasteiger partial charge in [0.15, 0.2) is 6.29 Å². The van der Waals surface area contributed by atoms with Gasteiger partial charge in [-0.2, -0.15) is 0 Å². The third-order valence-corrected chi connectivity index (χ3v) is 6.38. The van der Waals surface area contributed by atoms with Gasteiger partial charge in [-0.3, -0.25) is 0 Å². The fourth-order valence-corrected chi connectivity index (χ4v) is 4.63. The number of allylic oxidation sites excluding steroid dienone is 1. The van der Waals surface area contributed by atoms with E-state index >= 15 is 0 Å². The fraction of sp³-hybridized carbons (Fsp3) is 0.440. The molecule has 0 amide bonds. The molecule has 2 aromatic rings. The standard InChI is InChI=1S/C25H29ClO2/c1-2-3-18-16-27-25(28-17-18)23-10-8-21(9-11-23)19-4-6-20(7-5-19)22-12-14-24(26)15-13-22/h2-7,12-15,18,21,23,25H,8-11,16-17H2,1H3/b3-2+. The van der Waals surface area contributed by atoms with Crippen LogP contribution >= 0.6 is 11.6 Å². The number of hydrogen-bond donors (Lipinski definition) is 0. The number of benzene rings is 2. The second-order valence-electron chi connectivity index (χ2n) is 8.06. The van der Waals surface area contributed by atoms with Crippen molar-refractivity contribution in [1.29, 1.82) is 0 Å². The van der Waals surface area contributed by atoms with Crippen LogP contribution in [0.25, 0.3) is 11.1 Å². The van der Waals surface area contributed by atoms with Crippen molar-refractivity contribution >= 4 is 11.6 Å². The van der Waals surface area contributed by atoms with E-state index in [2.05, 4.69) is 55.5 Å². The van der Waals surface area contributed by atoms with Crippen LogP contribution in [-0.4, -0.2) is 19.5 Å². The molecule has 2 aliphatic rings. The molecule has 0 bridgehead atoms. The normalized spacial score (nSPS) is 28.5. The second-order valence-corrected chi connectivity index (χ2v) is 8.50. The minimum atomic E-state index is -0.00487. The lowest BCUT2D eigenvalue weighted by Gasteiger charge is -2.37. The molecule has 0 atom stereocenters. The molecule has 2 aromatic carbocycles. The van der Waals surface area contributed by atoms with Crippen molar-refractivity contribution in [2.75, 3.05) is 13.2 Å². The zero-order chi connectivity index (χ0) is 19.3. The van der Waals surface area contributed by atoms with E-state index < -0.39 is 0 Å². The van der Waals surface area contributed by atoms with Crippen LogP contribution in [0.15, 0.2) is 60.7 Å². The highest BCUT2D eigenvalue weighted by Crippen LogP contribution is 2.39. The minimum Gasteiger partial charge on any atom is -0.352 e. The first-order valence-corrected chi connectivity index (χ1v) is 10.8. The van der Waals surface area contributed by atoms with Gasteiger partial charge in [0.05, 0.1) is 13.2 Å². The molecule has 148 valence electrons. The van der Waals surface area contributed by atoms with Crippen LogP contribution in [0, 0.1) is 11.8 Å². The van der Waals surface area contributed by atoms with Gasteiger partial charge in [0.25, 0.3) is 0 Å². The van der Waals surface area contributed by atoms with Gasteiger partial charge in [0.1, 0.15) is 0 Å². The highest BCUT2D eigenvalue weighted by molar-refractivity contribution is 6.30. The molecule has 4 rings (SSSR count). The highest BCUT2D eigenvalue weighted by Gasteiger charge is 2.32. The van der Waals surface area contributed by atoms with Gasteiger partial charge < -0.3 is 9.47 Å². The Morgan fingerprint density at radius 2 is 1.39 bits per heavy atom. The lowest BCUT2D eigenvalue weighted by Crippen LogP contribution is -2.37. The van der Waals surface area contributed by atoms with Crippen molar-refractivity contribution < 1.29 is 9.47 Å². The summed E-state index contributed by atoms with van der Waals surface area (Å²) in [6, 6.07) is 17.1. The van der Waals surface area contributed by atoms with Crippen LogP contribution in [-0.2, 0) is 9.47 Å². The maximum Gasteiger partial charge on any atom is 0.160 e. The van der Waals surface area contributed by atoms with E-state index in [-0.39, 0.29) is 6.29 Å². The monoisotopic (exact) mass is 396 g/mol. The summed E-state index contributed by atoms with van der Waals surface area (Å²) < 4.78 is 12.0. The van der Waals surface area contributed by atoms with E-state index in [1.807, 2.05) is 12.1 Å². The first kappa shape index (κ1) is 19.7. The van der Waals surface area contributed by atoms with E-state index in [4.69, 9.17) is 21.1 Å². The molecule has 1 aliphatic carbocycles. The Bertz CT molecular complexity index is 765. The van der Waals surface area contributed by atoms with E-state index in [1.54, 1.807) is 0 Å². The summed E-state index contributed by atoms with van der Waals surface area (Å²) in [5.74, 6) is 1.60. The van der Waals surface area contributed by atoms with Gasteiger partial charge in [-0.15, -0.1) is 0 Å². The summed E-state index contributed by atoms with van der Waals surface area (Å²) in [6.07, 6.45) is 9.06. The zero-order valence-corrected chi connectivity index (χ0v) is 17.3. The Morgan fingerprint density at radius 1 is 0.821 bits per heavy atom. The zero-order valence-electron chi connectivity index (χ0n) is 16.5. The van der Waals surface area contributed by atoms with Crippen molar-refractivity contribution in [3.63, 3.8) is 0 Å². The number of halogens is 1. The van der Waals surface area contributed by atoms with Crippen molar-refractivity contribution in [3.05, 3.63) is 71.3 Å². The van der Waals surface area contributed by atoms with Crippen LogP contribution in [0.5, 0.6) is 0 Å². The van der Waals surface area contributed by atoms with Crippen molar-refractivity contribution in [2.45, 2.75) is 44.8 Å². The van der Waals surface area contributed by atoms with Crippen LogP contribution in [0.2, 0.25) is 5.02 Å². The summed E-state index contributed by atoms with van der Waals surface area (Å²) in [4.78, 5) is 0. The molecule has 1 aliphatic heterocycles. The second kappa shape index (κ2) is 9.26. The summed E-state index contributed by atoms with van der Waals surface area (Å²) in [5.41, 5.74) is 3.91. The van der Waals surface area contributed by atoms with Crippen LogP contribution in [0.1, 0.15) is 44.1 Å². The first-order valence-electron chi connectivity index (χ1n) is 10.4. The molecule has 0 unspecified atom stereocenters. The summed E-state index contributed by atoms with van der Waals surface area (Å²) in [6.45, 7) is 3.64. The van der Waals surface area contributed by atoms with Crippen molar-refractivity contribution in [3.8, 4) is 11.1 Å². The van der Waals surface area contributed by atoms with Gasteiger partial charge in [-0.1, -0.05) is 60.2 Å². The quantitative estimate of drug-likeness (QED) is 0.526. The molecule has 2 fully saturated rings. The van der Waals surface area contributed by atoms with Gasteiger partial charge in [-0.05, 0) is 67.3 Å². The largest absolute Gasteiger partial charge is 0.352 e. The molecule has 1 saturated carbocycles. The molecule has 0 radical (unpaired) electrons. The minimum absolute atomic E-state index is 0.00487. The molecular formula is C25H29ClO2. The van der Waals surface area contributed by atoms with Crippen LogP contribution in [0.3, 0.4) is 0 Å². The number of rotatable bonds is 4. The first-order chi connectivity index (χ1) is 13.7. The smallest absolute Gasteiger partial charge is 0.160 e. The van der Waals surface area contributed by atoms with Gasteiger partial charge >= 0.3 is 0 Å². The Labute approximate surface area is 173 Å². The van der Waals surface area contributed by atoms with E-state index in [0.29, 0.717) is 17.8 Å². The van der Waals surface area contributed by atoms with Crippen LogP contribution < -0.4 is 0 Å². The molecule has 1 saturated heterocycles. The number of hydrogen-bond acceptors (Lipinski definition) is 2.